The number of aliphatic hydroxyl groups is 1. The minimum atomic E-state index is -0.500. The fourth-order valence-corrected chi connectivity index (χ4v) is 2.73. The first kappa shape index (κ1) is 15.8. The number of nitrogens with zero attached hydrogens (tertiary/aromatic N) is 1. The van der Waals surface area contributed by atoms with Crippen molar-refractivity contribution in [1.82, 2.24) is 4.90 Å². The molecule has 0 saturated carbocycles. The van der Waals surface area contributed by atoms with E-state index in [1.165, 1.54) is 0 Å². The van der Waals surface area contributed by atoms with E-state index in [2.05, 4.69) is 0 Å². The van der Waals surface area contributed by atoms with Gasteiger partial charge in [-0.2, -0.15) is 0 Å². The van der Waals surface area contributed by atoms with Crippen molar-refractivity contribution in [2.75, 3.05) is 13.1 Å². The summed E-state index contributed by atoms with van der Waals surface area (Å²) >= 11 is 0. The third kappa shape index (κ3) is 4.21. The summed E-state index contributed by atoms with van der Waals surface area (Å²) in [5, 5.41) is 9.71. The zero-order valence-electron chi connectivity index (χ0n) is 13.1. The van der Waals surface area contributed by atoms with Crippen LogP contribution in [-0.2, 0) is 4.79 Å². The van der Waals surface area contributed by atoms with E-state index in [4.69, 9.17) is 4.74 Å². The van der Waals surface area contributed by atoms with Crippen LogP contribution < -0.4 is 4.74 Å². The molecule has 1 amide bonds. The maximum Gasteiger partial charge on any atom is 0.263 e. The van der Waals surface area contributed by atoms with Crippen LogP contribution >= 0.6 is 0 Å². The van der Waals surface area contributed by atoms with Gasteiger partial charge in [0.2, 0.25) is 0 Å². The Morgan fingerprint density at radius 2 is 2.00 bits per heavy atom. The summed E-state index contributed by atoms with van der Waals surface area (Å²) in [7, 11) is 0. The van der Waals surface area contributed by atoms with Gasteiger partial charge in [-0.15, -0.1) is 0 Å². The molecule has 1 aliphatic rings. The number of benzene rings is 1. The molecule has 1 fully saturated rings. The Bertz CT molecular complexity index is 469. The number of rotatable bonds is 4. The maximum atomic E-state index is 12.5. The van der Waals surface area contributed by atoms with E-state index in [1.54, 1.807) is 13.8 Å². The highest BCUT2D eigenvalue weighted by atomic mass is 16.5. The van der Waals surface area contributed by atoms with E-state index < -0.39 is 6.10 Å². The topological polar surface area (TPSA) is 49.8 Å². The Hall–Kier alpha value is -1.55. The number of carbonyl (C=O) groups excluding carboxylic acids is 1. The van der Waals surface area contributed by atoms with Crippen molar-refractivity contribution in [2.45, 2.75) is 45.8 Å². The van der Waals surface area contributed by atoms with E-state index in [9.17, 15) is 9.90 Å². The monoisotopic (exact) mass is 291 g/mol. The lowest BCUT2D eigenvalue weighted by molar-refractivity contribution is -0.140. The molecular weight excluding hydrogens is 266 g/mol. The summed E-state index contributed by atoms with van der Waals surface area (Å²) in [6.07, 6.45) is 1.06. The van der Waals surface area contributed by atoms with Gasteiger partial charge in [0.15, 0.2) is 6.10 Å². The van der Waals surface area contributed by atoms with Crippen LogP contribution in [0.25, 0.3) is 0 Å². The van der Waals surface area contributed by atoms with E-state index in [0.29, 0.717) is 12.3 Å². The molecule has 0 radical (unpaired) electrons. The van der Waals surface area contributed by atoms with Crippen LogP contribution in [0.5, 0.6) is 5.75 Å². The molecule has 1 aromatic carbocycles. The molecule has 21 heavy (non-hydrogen) atoms. The first-order chi connectivity index (χ1) is 9.97. The lowest BCUT2D eigenvalue weighted by Gasteiger charge is -2.35. The third-order valence-electron chi connectivity index (χ3n) is 4.13. The van der Waals surface area contributed by atoms with Crippen LogP contribution in [0, 0.1) is 12.8 Å². The molecule has 4 nitrogen and oxygen atoms in total. The first-order valence-corrected chi connectivity index (χ1v) is 7.67. The molecule has 116 valence electrons. The van der Waals surface area contributed by atoms with Gasteiger partial charge in [0.05, 0.1) is 6.10 Å². The molecule has 2 rings (SSSR count). The average molecular weight is 291 g/mol. The number of carbonyl (C=O) groups is 1. The minimum absolute atomic E-state index is 0.000856. The highest BCUT2D eigenvalue weighted by molar-refractivity contribution is 5.81. The molecule has 1 aromatic rings. The van der Waals surface area contributed by atoms with Crippen molar-refractivity contribution in [3.8, 4) is 5.75 Å². The van der Waals surface area contributed by atoms with Crippen LogP contribution in [0.15, 0.2) is 24.3 Å². The van der Waals surface area contributed by atoms with Crippen LogP contribution in [0.1, 0.15) is 32.3 Å². The zero-order valence-corrected chi connectivity index (χ0v) is 13.1. The summed E-state index contributed by atoms with van der Waals surface area (Å²) in [6.45, 7) is 6.98. The minimum Gasteiger partial charge on any atom is -0.481 e. The van der Waals surface area contributed by atoms with E-state index in [0.717, 1.165) is 24.9 Å². The Kier molecular flexibility index (Phi) is 5.23. The smallest absolute Gasteiger partial charge is 0.263 e. The Morgan fingerprint density at radius 1 is 1.33 bits per heavy atom. The molecule has 1 heterocycles. The summed E-state index contributed by atoms with van der Waals surface area (Å²) < 4.78 is 5.73. The van der Waals surface area contributed by atoms with Gasteiger partial charge in [-0.05, 0) is 45.7 Å². The number of amides is 1. The van der Waals surface area contributed by atoms with Gasteiger partial charge in [0.1, 0.15) is 5.75 Å². The highest BCUT2D eigenvalue weighted by Crippen LogP contribution is 2.21. The lowest BCUT2D eigenvalue weighted by atomic mass is 9.93. The fraction of sp³-hybridized carbons (Fsp3) is 0.588. The molecule has 4 heteroatoms. The third-order valence-corrected chi connectivity index (χ3v) is 4.13. The number of ether oxygens (including phenoxy) is 1. The van der Waals surface area contributed by atoms with E-state index in [-0.39, 0.29) is 17.9 Å². The molecule has 3 atom stereocenters. The van der Waals surface area contributed by atoms with E-state index >= 15 is 0 Å². The molecule has 0 spiro atoms. The predicted octanol–water partition coefficient (Wildman–Crippen LogP) is 2.38. The van der Waals surface area contributed by atoms with Crippen molar-refractivity contribution in [2.24, 2.45) is 5.92 Å². The van der Waals surface area contributed by atoms with Crippen molar-refractivity contribution in [3.63, 3.8) is 0 Å². The Morgan fingerprint density at radius 3 is 2.62 bits per heavy atom. The summed E-state index contributed by atoms with van der Waals surface area (Å²) in [5.74, 6) is 0.890. The number of aliphatic hydroxyl groups excluding tert-OH is 1. The zero-order chi connectivity index (χ0) is 15.4. The summed E-state index contributed by atoms with van der Waals surface area (Å²) in [5.41, 5.74) is 1.16. The number of aryl methyl sites for hydroxylation is 1. The van der Waals surface area contributed by atoms with Crippen molar-refractivity contribution in [1.29, 1.82) is 0 Å². The van der Waals surface area contributed by atoms with Gasteiger partial charge >= 0.3 is 0 Å². The normalized spacial score (nSPS) is 21.7. The molecule has 1 saturated heterocycles. The average Bonchev–Trinajstić information content (AvgIpc) is 2.49. The van der Waals surface area contributed by atoms with Gasteiger partial charge in [-0.25, -0.2) is 0 Å². The second kappa shape index (κ2) is 6.94. The van der Waals surface area contributed by atoms with Crippen molar-refractivity contribution < 1.29 is 14.6 Å². The molecule has 0 aromatic heterocycles. The van der Waals surface area contributed by atoms with Gasteiger partial charge in [0.25, 0.3) is 5.91 Å². The highest BCUT2D eigenvalue weighted by Gasteiger charge is 2.29. The van der Waals surface area contributed by atoms with E-state index in [1.807, 2.05) is 36.1 Å². The second-order valence-corrected chi connectivity index (χ2v) is 6.00. The predicted molar refractivity (Wildman–Crippen MR) is 82.3 cm³/mol. The number of likely N-dealkylation sites (tertiary alicyclic amines) is 1. The van der Waals surface area contributed by atoms with Crippen LogP contribution in [0.4, 0.5) is 0 Å². The molecule has 0 bridgehead atoms. The quantitative estimate of drug-likeness (QED) is 0.926. The van der Waals surface area contributed by atoms with Gasteiger partial charge in [0, 0.05) is 19.0 Å². The molecule has 1 aliphatic heterocycles. The summed E-state index contributed by atoms with van der Waals surface area (Å²) in [4.78, 5) is 14.3. The largest absolute Gasteiger partial charge is 0.481 e. The fourth-order valence-electron chi connectivity index (χ4n) is 2.73. The Labute approximate surface area is 126 Å². The first-order valence-electron chi connectivity index (χ1n) is 7.67. The van der Waals surface area contributed by atoms with Gasteiger partial charge in [-0.3, -0.25) is 4.79 Å². The van der Waals surface area contributed by atoms with Gasteiger partial charge < -0.3 is 14.7 Å². The van der Waals surface area contributed by atoms with Crippen molar-refractivity contribution in [3.05, 3.63) is 29.8 Å². The number of hydrogen-bond donors (Lipinski definition) is 1. The van der Waals surface area contributed by atoms with Gasteiger partial charge in [-0.1, -0.05) is 17.7 Å². The molecule has 3 unspecified atom stereocenters. The van der Waals surface area contributed by atoms with Crippen LogP contribution in [0.3, 0.4) is 0 Å². The Balaban J connectivity index is 1.93. The van der Waals surface area contributed by atoms with Crippen LogP contribution in [0.2, 0.25) is 0 Å². The summed E-state index contributed by atoms with van der Waals surface area (Å²) in [6, 6.07) is 7.70. The standard InChI is InChI=1S/C17H25NO3/c1-12-6-8-16(9-7-12)21-14(3)17(20)18-10-4-5-15(11-18)13(2)19/h6-9,13-15,19H,4-5,10-11H2,1-3H3. The lowest BCUT2D eigenvalue weighted by Crippen LogP contribution is -2.47. The number of piperidine rings is 1. The maximum absolute atomic E-state index is 12.5. The second-order valence-electron chi connectivity index (χ2n) is 6.00. The number of hydrogen-bond acceptors (Lipinski definition) is 3. The van der Waals surface area contributed by atoms with Crippen molar-refractivity contribution >= 4 is 5.91 Å². The van der Waals surface area contributed by atoms with Crippen LogP contribution in [-0.4, -0.2) is 41.2 Å². The molecule has 1 N–H and O–H groups in total. The molecule has 0 aliphatic carbocycles. The SMILES string of the molecule is Cc1ccc(OC(C)C(=O)N2CCCC(C(C)O)C2)cc1. The molecular formula is C17H25NO3.